The van der Waals surface area contributed by atoms with E-state index >= 15 is 0 Å². The SMILES string of the molecule is Cn1cccc1C(C)(C)CN. The van der Waals surface area contributed by atoms with Crippen molar-refractivity contribution in [3.8, 4) is 0 Å². The van der Waals surface area contributed by atoms with Crippen molar-refractivity contribution in [3.63, 3.8) is 0 Å². The van der Waals surface area contributed by atoms with Gasteiger partial charge in [-0.2, -0.15) is 0 Å². The summed E-state index contributed by atoms with van der Waals surface area (Å²) in [4.78, 5) is 0. The van der Waals surface area contributed by atoms with Gasteiger partial charge in [0.25, 0.3) is 0 Å². The Kier molecular flexibility index (Phi) is 2.05. The third-order valence-corrected chi connectivity index (χ3v) is 2.15. The third kappa shape index (κ3) is 1.46. The zero-order valence-electron chi connectivity index (χ0n) is 7.46. The van der Waals surface area contributed by atoms with E-state index in [1.54, 1.807) is 0 Å². The molecule has 2 nitrogen and oxygen atoms in total. The predicted octanol–water partition coefficient (Wildman–Crippen LogP) is 1.26. The van der Waals surface area contributed by atoms with Gasteiger partial charge < -0.3 is 10.3 Å². The fourth-order valence-corrected chi connectivity index (χ4v) is 1.27. The summed E-state index contributed by atoms with van der Waals surface area (Å²) in [6.45, 7) is 5.00. The largest absolute Gasteiger partial charge is 0.354 e. The lowest BCUT2D eigenvalue weighted by Gasteiger charge is -2.23. The molecule has 0 aliphatic heterocycles. The van der Waals surface area contributed by atoms with Gasteiger partial charge in [0.15, 0.2) is 0 Å². The second-order valence-corrected chi connectivity index (χ2v) is 3.59. The van der Waals surface area contributed by atoms with Crippen LogP contribution in [0.25, 0.3) is 0 Å². The van der Waals surface area contributed by atoms with Crippen LogP contribution in [0.4, 0.5) is 0 Å². The Morgan fingerprint density at radius 2 is 2.18 bits per heavy atom. The van der Waals surface area contributed by atoms with E-state index in [-0.39, 0.29) is 5.41 Å². The zero-order chi connectivity index (χ0) is 8.48. The molecule has 62 valence electrons. The van der Waals surface area contributed by atoms with Crippen molar-refractivity contribution >= 4 is 0 Å². The number of aromatic nitrogens is 1. The number of hydrogen-bond donors (Lipinski definition) is 1. The molecule has 0 amide bonds. The highest BCUT2D eigenvalue weighted by atomic mass is 14.9. The number of aryl methyl sites for hydroxylation is 1. The Morgan fingerprint density at radius 1 is 1.55 bits per heavy atom. The van der Waals surface area contributed by atoms with Crippen LogP contribution in [-0.4, -0.2) is 11.1 Å². The minimum Gasteiger partial charge on any atom is -0.354 e. The Balaban J connectivity index is 3.00. The number of nitrogens with zero attached hydrogens (tertiary/aromatic N) is 1. The average molecular weight is 152 g/mol. The quantitative estimate of drug-likeness (QED) is 0.679. The summed E-state index contributed by atoms with van der Waals surface area (Å²) < 4.78 is 2.12. The minimum absolute atomic E-state index is 0.0955. The molecule has 0 fully saturated rings. The van der Waals surface area contributed by atoms with Crippen molar-refractivity contribution < 1.29 is 0 Å². The Bertz CT molecular complexity index is 235. The Morgan fingerprint density at radius 3 is 2.55 bits per heavy atom. The van der Waals surface area contributed by atoms with Crippen LogP contribution in [0.5, 0.6) is 0 Å². The summed E-state index contributed by atoms with van der Waals surface area (Å²) in [5.41, 5.74) is 7.04. The van der Waals surface area contributed by atoms with E-state index in [2.05, 4.69) is 24.5 Å². The highest BCUT2D eigenvalue weighted by molar-refractivity contribution is 5.17. The molecule has 1 heterocycles. The monoisotopic (exact) mass is 152 g/mol. The molecule has 1 aromatic heterocycles. The molecule has 0 saturated carbocycles. The van der Waals surface area contributed by atoms with E-state index in [0.717, 1.165) is 0 Å². The molecule has 2 heteroatoms. The van der Waals surface area contributed by atoms with Gasteiger partial charge in [0.05, 0.1) is 0 Å². The lowest BCUT2D eigenvalue weighted by Crippen LogP contribution is -2.30. The normalized spacial score (nSPS) is 12.0. The maximum absolute atomic E-state index is 5.65. The van der Waals surface area contributed by atoms with Crippen molar-refractivity contribution in [3.05, 3.63) is 24.0 Å². The van der Waals surface area contributed by atoms with Crippen LogP contribution in [0.1, 0.15) is 19.5 Å². The summed E-state index contributed by atoms with van der Waals surface area (Å²) in [5.74, 6) is 0. The van der Waals surface area contributed by atoms with Gasteiger partial charge in [0, 0.05) is 30.9 Å². The van der Waals surface area contributed by atoms with Crippen molar-refractivity contribution in [2.45, 2.75) is 19.3 Å². The van der Waals surface area contributed by atoms with Gasteiger partial charge in [-0.15, -0.1) is 0 Å². The molecular weight excluding hydrogens is 136 g/mol. The first kappa shape index (κ1) is 8.34. The van der Waals surface area contributed by atoms with Crippen LogP contribution in [0.2, 0.25) is 0 Å². The smallest absolute Gasteiger partial charge is 0.0241 e. The summed E-state index contributed by atoms with van der Waals surface area (Å²) in [6, 6.07) is 4.17. The summed E-state index contributed by atoms with van der Waals surface area (Å²) in [7, 11) is 2.05. The maximum Gasteiger partial charge on any atom is 0.0241 e. The highest BCUT2D eigenvalue weighted by Crippen LogP contribution is 2.20. The second-order valence-electron chi connectivity index (χ2n) is 3.59. The highest BCUT2D eigenvalue weighted by Gasteiger charge is 2.20. The standard InChI is InChI=1S/C9H16N2/c1-9(2,7-10)8-5-4-6-11(8)3/h4-6H,7,10H2,1-3H3. The van der Waals surface area contributed by atoms with Crippen LogP contribution in [-0.2, 0) is 12.5 Å². The van der Waals surface area contributed by atoms with E-state index in [0.29, 0.717) is 6.54 Å². The van der Waals surface area contributed by atoms with Crippen LogP contribution >= 0.6 is 0 Å². The molecule has 0 radical (unpaired) electrons. The van der Waals surface area contributed by atoms with Crippen molar-refractivity contribution in [2.75, 3.05) is 6.54 Å². The molecular formula is C9H16N2. The van der Waals surface area contributed by atoms with Gasteiger partial charge in [0.1, 0.15) is 0 Å². The van der Waals surface area contributed by atoms with E-state index < -0.39 is 0 Å². The fourth-order valence-electron chi connectivity index (χ4n) is 1.27. The first-order chi connectivity index (χ1) is 5.08. The van der Waals surface area contributed by atoms with Gasteiger partial charge in [-0.1, -0.05) is 13.8 Å². The van der Waals surface area contributed by atoms with Crippen LogP contribution < -0.4 is 5.73 Å². The Hall–Kier alpha value is -0.760. The molecule has 1 aromatic rings. The lowest BCUT2D eigenvalue weighted by atomic mass is 9.89. The van der Waals surface area contributed by atoms with E-state index in [4.69, 9.17) is 5.73 Å². The molecule has 0 saturated heterocycles. The molecule has 2 N–H and O–H groups in total. The maximum atomic E-state index is 5.65. The van der Waals surface area contributed by atoms with Gasteiger partial charge in [-0.25, -0.2) is 0 Å². The third-order valence-electron chi connectivity index (χ3n) is 2.15. The molecule has 1 rings (SSSR count). The van der Waals surface area contributed by atoms with E-state index in [1.165, 1.54) is 5.69 Å². The predicted molar refractivity (Wildman–Crippen MR) is 47.5 cm³/mol. The number of rotatable bonds is 2. The van der Waals surface area contributed by atoms with Crippen LogP contribution in [0, 0.1) is 0 Å². The van der Waals surface area contributed by atoms with Crippen molar-refractivity contribution in [1.82, 2.24) is 4.57 Å². The van der Waals surface area contributed by atoms with Gasteiger partial charge in [-0.05, 0) is 12.1 Å². The first-order valence-corrected chi connectivity index (χ1v) is 3.90. The van der Waals surface area contributed by atoms with Crippen molar-refractivity contribution in [2.24, 2.45) is 12.8 Å². The van der Waals surface area contributed by atoms with Gasteiger partial charge >= 0.3 is 0 Å². The molecule has 0 spiro atoms. The number of nitrogens with two attached hydrogens (primary N) is 1. The van der Waals surface area contributed by atoms with Crippen molar-refractivity contribution in [1.29, 1.82) is 0 Å². The van der Waals surface area contributed by atoms with E-state index in [9.17, 15) is 0 Å². The minimum atomic E-state index is 0.0955. The Labute approximate surface area is 68.0 Å². The summed E-state index contributed by atoms with van der Waals surface area (Å²) >= 11 is 0. The molecule has 0 unspecified atom stereocenters. The molecule has 0 aliphatic carbocycles. The van der Waals surface area contributed by atoms with Crippen LogP contribution in [0.15, 0.2) is 18.3 Å². The number of hydrogen-bond acceptors (Lipinski definition) is 1. The lowest BCUT2D eigenvalue weighted by molar-refractivity contribution is 0.502. The topological polar surface area (TPSA) is 30.9 Å². The molecule has 0 bridgehead atoms. The molecule has 0 atom stereocenters. The molecule has 11 heavy (non-hydrogen) atoms. The van der Waals surface area contributed by atoms with Gasteiger partial charge in [0.2, 0.25) is 0 Å². The van der Waals surface area contributed by atoms with E-state index in [1.807, 2.05) is 19.3 Å². The second kappa shape index (κ2) is 2.70. The molecule has 0 aliphatic rings. The summed E-state index contributed by atoms with van der Waals surface area (Å²) in [5, 5.41) is 0. The molecule has 0 aromatic carbocycles. The zero-order valence-corrected chi connectivity index (χ0v) is 7.46. The average Bonchev–Trinajstić information content (AvgIpc) is 2.36. The van der Waals surface area contributed by atoms with Gasteiger partial charge in [-0.3, -0.25) is 0 Å². The fraction of sp³-hybridized carbons (Fsp3) is 0.556. The summed E-state index contributed by atoms with van der Waals surface area (Å²) in [6.07, 6.45) is 2.05. The van der Waals surface area contributed by atoms with Crippen LogP contribution in [0.3, 0.4) is 0 Å². The first-order valence-electron chi connectivity index (χ1n) is 3.90.